The quantitative estimate of drug-likeness (QED) is 0.637. The third-order valence-electron chi connectivity index (χ3n) is 4.43. The molecule has 0 atom stereocenters. The highest BCUT2D eigenvalue weighted by Gasteiger charge is 2.16. The summed E-state index contributed by atoms with van der Waals surface area (Å²) in [7, 11) is 0. The number of rotatable bonds is 7. The number of ether oxygens (including phenoxy) is 2. The Hall–Kier alpha value is -3.06. The number of hydrogen-bond donors (Lipinski definition) is 2. The smallest absolute Gasteiger partial charge is 0.263 e. The number of aromatic nitrogens is 1. The number of fused-ring (bicyclic) bond motifs is 1. The van der Waals surface area contributed by atoms with Gasteiger partial charge >= 0.3 is 0 Å². The lowest BCUT2D eigenvalue weighted by atomic mass is 10.2. The van der Waals surface area contributed by atoms with Gasteiger partial charge in [0.15, 0.2) is 16.6 Å². The second-order valence-electron chi connectivity index (χ2n) is 6.47. The van der Waals surface area contributed by atoms with Crippen LogP contribution >= 0.6 is 11.3 Å². The fraction of sp³-hybridized carbons (Fsp3) is 0.238. The van der Waals surface area contributed by atoms with Gasteiger partial charge in [0, 0.05) is 13.1 Å². The zero-order valence-corrected chi connectivity index (χ0v) is 16.3. The molecule has 7 heteroatoms. The predicted octanol–water partition coefficient (Wildman–Crippen LogP) is 3.76. The van der Waals surface area contributed by atoms with Crippen molar-refractivity contribution in [1.29, 1.82) is 0 Å². The lowest BCUT2D eigenvalue weighted by Crippen LogP contribution is -2.22. The summed E-state index contributed by atoms with van der Waals surface area (Å²) in [6.07, 6.45) is 0.908. The third-order valence-corrected chi connectivity index (χ3v) is 5.54. The first-order valence-corrected chi connectivity index (χ1v) is 9.92. The van der Waals surface area contributed by atoms with Gasteiger partial charge < -0.3 is 20.1 Å². The minimum absolute atomic E-state index is 0.122. The maximum absolute atomic E-state index is 12.6. The SMILES string of the molecule is Cc1nc(NCCc2ccccc2)sc1C(=O)NCc1ccc2c(c1)OCO2. The Morgan fingerprint density at radius 2 is 1.93 bits per heavy atom. The minimum atomic E-state index is -0.122. The van der Waals surface area contributed by atoms with Crippen molar-refractivity contribution >= 4 is 22.4 Å². The maximum Gasteiger partial charge on any atom is 0.263 e. The molecular formula is C21H21N3O3S. The van der Waals surface area contributed by atoms with Crippen LogP contribution in [-0.4, -0.2) is 24.2 Å². The summed E-state index contributed by atoms with van der Waals surface area (Å²) in [4.78, 5) is 17.7. The van der Waals surface area contributed by atoms with Gasteiger partial charge in [-0.25, -0.2) is 4.98 Å². The first-order chi connectivity index (χ1) is 13.7. The first kappa shape index (κ1) is 18.3. The number of nitrogens with one attached hydrogen (secondary N) is 2. The van der Waals surface area contributed by atoms with Crippen molar-refractivity contribution in [1.82, 2.24) is 10.3 Å². The van der Waals surface area contributed by atoms with Gasteiger partial charge in [-0.3, -0.25) is 4.79 Å². The highest BCUT2D eigenvalue weighted by Crippen LogP contribution is 2.32. The highest BCUT2D eigenvalue weighted by atomic mass is 32.1. The number of nitrogens with zero attached hydrogens (tertiary/aromatic N) is 1. The van der Waals surface area contributed by atoms with E-state index in [0.717, 1.165) is 35.1 Å². The van der Waals surface area contributed by atoms with Crippen LogP contribution in [0.3, 0.4) is 0 Å². The molecule has 2 N–H and O–H groups in total. The van der Waals surface area contributed by atoms with Crippen LogP contribution in [0, 0.1) is 6.92 Å². The van der Waals surface area contributed by atoms with Gasteiger partial charge in [-0.1, -0.05) is 47.7 Å². The van der Waals surface area contributed by atoms with Crippen LogP contribution in [0.25, 0.3) is 0 Å². The van der Waals surface area contributed by atoms with E-state index >= 15 is 0 Å². The summed E-state index contributed by atoms with van der Waals surface area (Å²) in [6.45, 7) is 3.29. The summed E-state index contributed by atoms with van der Waals surface area (Å²) in [5.74, 6) is 1.33. The summed E-state index contributed by atoms with van der Waals surface area (Å²) in [5.41, 5.74) is 2.96. The number of hydrogen-bond acceptors (Lipinski definition) is 6. The van der Waals surface area contributed by atoms with Crippen molar-refractivity contribution in [3.8, 4) is 11.5 Å². The molecule has 0 unspecified atom stereocenters. The Balaban J connectivity index is 1.31. The first-order valence-electron chi connectivity index (χ1n) is 9.11. The molecule has 2 heterocycles. The summed E-state index contributed by atoms with van der Waals surface area (Å²) in [6, 6.07) is 15.9. The minimum Gasteiger partial charge on any atom is -0.454 e. The fourth-order valence-corrected chi connectivity index (χ4v) is 3.86. The van der Waals surface area contributed by atoms with Gasteiger partial charge in [0.05, 0.1) is 5.69 Å². The molecule has 6 nitrogen and oxygen atoms in total. The van der Waals surface area contributed by atoms with Crippen molar-refractivity contribution in [3.05, 3.63) is 70.2 Å². The second kappa shape index (κ2) is 8.31. The summed E-state index contributed by atoms with van der Waals surface area (Å²) >= 11 is 1.38. The lowest BCUT2D eigenvalue weighted by Gasteiger charge is -2.05. The van der Waals surface area contributed by atoms with Gasteiger partial charge in [-0.2, -0.15) is 0 Å². The van der Waals surface area contributed by atoms with Crippen LogP contribution in [0.1, 0.15) is 26.5 Å². The average Bonchev–Trinajstić information content (AvgIpc) is 3.33. The van der Waals surface area contributed by atoms with E-state index in [1.807, 2.05) is 43.3 Å². The predicted molar refractivity (Wildman–Crippen MR) is 109 cm³/mol. The van der Waals surface area contributed by atoms with E-state index in [2.05, 4.69) is 27.8 Å². The number of amides is 1. The Morgan fingerprint density at radius 3 is 2.79 bits per heavy atom. The van der Waals surface area contributed by atoms with Gasteiger partial charge in [0.2, 0.25) is 6.79 Å². The Morgan fingerprint density at radius 1 is 1.11 bits per heavy atom. The highest BCUT2D eigenvalue weighted by molar-refractivity contribution is 7.17. The molecule has 0 spiro atoms. The normalized spacial score (nSPS) is 12.0. The van der Waals surface area contributed by atoms with Crippen LogP contribution in [0.15, 0.2) is 48.5 Å². The topological polar surface area (TPSA) is 72.5 Å². The van der Waals surface area contributed by atoms with E-state index in [1.54, 1.807) is 0 Å². The Labute approximate surface area is 167 Å². The molecule has 28 heavy (non-hydrogen) atoms. The van der Waals surface area contributed by atoms with Crippen molar-refractivity contribution in [3.63, 3.8) is 0 Å². The van der Waals surface area contributed by atoms with E-state index in [4.69, 9.17) is 9.47 Å². The number of carbonyl (C=O) groups is 1. The molecule has 1 aliphatic heterocycles. The number of thiazole rings is 1. The number of carbonyl (C=O) groups excluding carboxylic acids is 1. The van der Waals surface area contributed by atoms with Crippen LogP contribution in [0.5, 0.6) is 11.5 Å². The van der Waals surface area contributed by atoms with Crippen molar-refractivity contribution in [2.75, 3.05) is 18.7 Å². The molecule has 0 saturated carbocycles. The van der Waals surface area contributed by atoms with Gasteiger partial charge in [0.25, 0.3) is 5.91 Å². The molecule has 3 aromatic rings. The number of benzene rings is 2. The largest absolute Gasteiger partial charge is 0.454 e. The molecule has 2 aromatic carbocycles. The molecule has 144 valence electrons. The molecule has 4 rings (SSSR count). The van der Waals surface area contributed by atoms with Crippen molar-refractivity contribution in [2.24, 2.45) is 0 Å². The average molecular weight is 395 g/mol. The van der Waals surface area contributed by atoms with Crippen LogP contribution in [-0.2, 0) is 13.0 Å². The van der Waals surface area contributed by atoms with Crippen molar-refractivity contribution < 1.29 is 14.3 Å². The Bertz CT molecular complexity index is 972. The van der Waals surface area contributed by atoms with E-state index in [9.17, 15) is 4.79 Å². The van der Waals surface area contributed by atoms with Crippen LogP contribution in [0.4, 0.5) is 5.13 Å². The maximum atomic E-state index is 12.6. The second-order valence-corrected chi connectivity index (χ2v) is 7.47. The molecular weight excluding hydrogens is 374 g/mol. The molecule has 1 aliphatic rings. The lowest BCUT2D eigenvalue weighted by molar-refractivity contribution is 0.0954. The van der Waals surface area contributed by atoms with E-state index < -0.39 is 0 Å². The van der Waals surface area contributed by atoms with Gasteiger partial charge in [-0.05, 0) is 36.6 Å². The van der Waals surface area contributed by atoms with E-state index in [0.29, 0.717) is 17.2 Å². The molecule has 0 radical (unpaired) electrons. The zero-order valence-electron chi connectivity index (χ0n) is 15.5. The molecule has 0 fully saturated rings. The van der Waals surface area contributed by atoms with E-state index in [1.165, 1.54) is 16.9 Å². The van der Waals surface area contributed by atoms with Crippen LogP contribution in [0.2, 0.25) is 0 Å². The number of anilines is 1. The standard InChI is InChI=1S/C21H21N3O3S/c1-14-19(28-21(24-14)22-10-9-15-5-3-2-4-6-15)20(25)23-12-16-7-8-17-18(11-16)27-13-26-17/h2-8,11H,9-10,12-13H2,1H3,(H,22,24)(H,23,25). The van der Waals surface area contributed by atoms with Gasteiger partial charge in [-0.15, -0.1) is 0 Å². The Kier molecular flexibility index (Phi) is 5.43. The zero-order chi connectivity index (χ0) is 19.3. The fourth-order valence-electron chi connectivity index (χ4n) is 2.95. The summed E-state index contributed by atoms with van der Waals surface area (Å²) in [5, 5.41) is 7.02. The third kappa shape index (κ3) is 4.26. The number of aryl methyl sites for hydroxylation is 1. The monoisotopic (exact) mass is 395 g/mol. The molecule has 0 saturated heterocycles. The van der Waals surface area contributed by atoms with Gasteiger partial charge in [0.1, 0.15) is 4.88 Å². The van der Waals surface area contributed by atoms with Crippen molar-refractivity contribution in [2.45, 2.75) is 19.9 Å². The molecule has 0 aliphatic carbocycles. The summed E-state index contributed by atoms with van der Waals surface area (Å²) < 4.78 is 10.7. The molecule has 1 amide bonds. The van der Waals surface area contributed by atoms with Crippen LogP contribution < -0.4 is 20.1 Å². The van der Waals surface area contributed by atoms with E-state index in [-0.39, 0.29) is 12.7 Å². The molecule has 0 bridgehead atoms. The molecule has 1 aromatic heterocycles.